The van der Waals surface area contributed by atoms with Gasteiger partial charge in [-0.3, -0.25) is 0 Å². The third kappa shape index (κ3) is 19.0. The quantitative estimate of drug-likeness (QED) is 0.536. The van der Waals surface area contributed by atoms with E-state index in [4.69, 9.17) is 0 Å². The van der Waals surface area contributed by atoms with Crippen LogP contribution in [0.4, 0.5) is 0 Å². The average molecular weight is 455 g/mol. The Morgan fingerprint density at radius 3 is 1.21 bits per heavy atom. The molecule has 2 fully saturated rings. The molecule has 0 amide bonds. The fourth-order valence-corrected chi connectivity index (χ4v) is 2.11. The van der Waals surface area contributed by atoms with Crippen molar-refractivity contribution < 1.29 is 31.3 Å². The number of aliphatic hydroxyl groups excluding tert-OH is 1. The van der Waals surface area contributed by atoms with Crippen molar-refractivity contribution in [3.63, 3.8) is 0 Å². The van der Waals surface area contributed by atoms with E-state index in [1.165, 1.54) is 5.56 Å². The molecule has 28 heavy (non-hydrogen) atoms. The molecule has 0 atom stereocenters. The molecule has 2 aliphatic carbocycles. The normalized spacial score (nSPS) is 15.3. The summed E-state index contributed by atoms with van der Waals surface area (Å²) in [6.45, 7) is 11.7. The number of aliphatic hydroxyl groups is 1. The molecule has 147 valence electrons. The van der Waals surface area contributed by atoms with E-state index in [1.54, 1.807) is 6.08 Å². The second-order valence-electron chi connectivity index (χ2n) is 6.72. The molecule has 0 bridgehead atoms. The van der Waals surface area contributed by atoms with Crippen molar-refractivity contribution in [2.24, 2.45) is 11.8 Å². The Morgan fingerprint density at radius 1 is 0.679 bits per heavy atom. The summed E-state index contributed by atoms with van der Waals surface area (Å²) in [5, 5.41) is 9.20. The molecular formula is C26H35OZr+2. The standard InChI is InChI=1S/C9H9.C7H16O.2C5H5.Zr/c1-2-6-9-7-4-3-5-8-9;1-5(2)7(8)6(3)4;2*1-2-4-5-3-1;/h2-8H,1H2;5-8H,1-4H3;2*1-5H;/q-1;;;;+3/b6-2+;;;;. The first-order valence-corrected chi connectivity index (χ1v) is 9.51. The first-order valence-electron chi connectivity index (χ1n) is 9.51. The van der Waals surface area contributed by atoms with E-state index < -0.39 is 0 Å². The summed E-state index contributed by atoms with van der Waals surface area (Å²) in [5.41, 5.74) is 1.20. The van der Waals surface area contributed by atoms with Crippen molar-refractivity contribution in [1.82, 2.24) is 0 Å². The zero-order valence-electron chi connectivity index (χ0n) is 17.7. The van der Waals surface area contributed by atoms with E-state index in [0.29, 0.717) is 11.8 Å². The maximum Gasteiger partial charge on any atom is 3.00 e. The van der Waals surface area contributed by atoms with Gasteiger partial charge in [0.1, 0.15) is 0 Å². The molecule has 1 aromatic carbocycles. The van der Waals surface area contributed by atoms with Gasteiger partial charge in [0.15, 0.2) is 0 Å². The number of hydrogen-bond donors (Lipinski definition) is 1. The Bertz CT molecular complexity index is 398. The summed E-state index contributed by atoms with van der Waals surface area (Å²) in [7, 11) is 0. The van der Waals surface area contributed by atoms with Gasteiger partial charge in [-0.25, -0.2) is 19.1 Å². The number of hydrogen-bond acceptors (Lipinski definition) is 1. The minimum absolute atomic E-state index is 0. The molecule has 1 N–H and O–H groups in total. The molecule has 3 rings (SSSR count). The summed E-state index contributed by atoms with van der Waals surface area (Å²) < 4.78 is 0. The van der Waals surface area contributed by atoms with Gasteiger partial charge in [0.2, 0.25) is 0 Å². The van der Waals surface area contributed by atoms with E-state index in [2.05, 4.69) is 6.92 Å². The first kappa shape index (κ1) is 29.9. The number of allylic oxidation sites excluding steroid dienone is 1. The Hall–Kier alpha value is -0.327. The smallest absolute Gasteiger partial charge is 0.393 e. The van der Waals surface area contributed by atoms with Crippen LogP contribution in [0.25, 0.3) is 6.08 Å². The van der Waals surface area contributed by atoms with Crippen LogP contribution in [-0.2, 0) is 26.2 Å². The van der Waals surface area contributed by atoms with Crippen LogP contribution in [0.5, 0.6) is 0 Å². The van der Waals surface area contributed by atoms with Gasteiger partial charge in [0, 0.05) is 0 Å². The van der Waals surface area contributed by atoms with Crippen molar-refractivity contribution in [2.45, 2.75) is 33.8 Å². The van der Waals surface area contributed by atoms with Crippen molar-refractivity contribution in [1.29, 1.82) is 0 Å². The van der Waals surface area contributed by atoms with Gasteiger partial charge in [-0.2, -0.15) is 0 Å². The third-order valence-electron chi connectivity index (χ3n) is 3.59. The molecule has 2 heteroatoms. The zero-order chi connectivity index (χ0) is 20.3. The second-order valence-corrected chi connectivity index (χ2v) is 6.72. The van der Waals surface area contributed by atoms with Crippen LogP contribution >= 0.6 is 0 Å². The molecule has 1 nitrogen and oxygen atoms in total. The van der Waals surface area contributed by atoms with Crippen LogP contribution in [-0.4, -0.2) is 11.2 Å². The van der Waals surface area contributed by atoms with Gasteiger partial charge in [-0.05, 0) is 76.0 Å². The van der Waals surface area contributed by atoms with Crippen molar-refractivity contribution >= 4 is 6.08 Å². The Kier molecular flexibility index (Phi) is 22.8. The predicted octanol–water partition coefficient (Wildman–Crippen LogP) is 6.23. The van der Waals surface area contributed by atoms with E-state index in [9.17, 15) is 5.11 Å². The molecule has 0 unspecified atom stereocenters. The van der Waals surface area contributed by atoms with Crippen LogP contribution in [0.2, 0.25) is 0 Å². The van der Waals surface area contributed by atoms with Crippen LogP contribution < -0.4 is 0 Å². The van der Waals surface area contributed by atoms with E-state index in [-0.39, 0.29) is 32.3 Å². The molecule has 0 aliphatic heterocycles. The van der Waals surface area contributed by atoms with Crippen molar-refractivity contribution in [3.05, 3.63) is 113 Å². The van der Waals surface area contributed by atoms with E-state index in [0.717, 1.165) is 0 Å². The van der Waals surface area contributed by atoms with Gasteiger partial charge in [-0.1, -0.05) is 58.0 Å². The van der Waals surface area contributed by atoms with Crippen LogP contribution in [0.3, 0.4) is 0 Å². The van der Waals surface area contributed by atoms with Gasteiger partial charge in [0.05, 0.1) is 6.10 Å². The van der Waals surface area contributed by atoms with Gasteiger partial charge < -0.3 is 5.11 Å². The van der Waals surface area contributed by atoms with Crippen LogP contribution in [0, 0.1) is 83.0 Å². The fraction of sp³-hybridized carbons (Fsp3) is 0.269. The minimum Gasteiger partial charge on any atom is -0.393 e. The fourth-order valence-electron chi connectivity index (χ4n) is 2.11. The Morgan fingerprint density at radius 2 is 1.00 bits per heavy atom. The topological polar surface area (TPSA) is 20.2 Å². The van der Waals surface area contributed by atoms with Gasteiger partial charge in [-0.15, -0.1) is 5.56 Å². The second kappa shape index (κ2) is 21.4. The zero-order valence-corrected chi connectivity index (χ0v) is 20.2. The van der Waals surface area contributed by atoms with Gasteiger partial charge >= 0.3 is 26.2 Å². The predicted molar refractivity (Wildman–Crippen MR) is 120 cm³/mol. The molecule has 11 radical (unpaired) electrons. The number of rotatable bonds is 3. The maximum absolute atomic E-state index is 9.20. The van der Waals surface area contributed by atoms with Gasteiger partial charge in [0.25, 0.3) is 0 Å². The van der Waals surface area contributed by atoms with Crippen molar-refractivity contribution in [2.75, 3.05) is 0 Å². The summed E-state index contributed by atoms with van der Waals surface area (Å²) in [6, 6.07) is 10.1. The molecule has 0 saturated heterocycles. The summed E-state index contributed by atoms with van der Waals surface area (Å²) in [4.78, 5) is 0. The monoisotopic (exact) mass is 453 g/mol. The molecule has 2 aliphatic rings. The van der Waals surface area contributed by atoms with E-state index in [1.807, 2.05) is 128 Å². The average Bonchev–Trinajstić information content (AvgIpc) is 3.41. The summed E-state index contributed by atoms with van der Waals surface area (Å²) in [5.74, 6) is 0.796. The van der Waals surface area contributed by atoms with Crippen molar-refractivity contribution in [3.8, 4) is 0 Å². The maximum atomic E-state index is 9.20. The molecule has 1 aromatic rings. The largest absolute Gasteiger partial charge is 3.00 e. The molecular weight excluding hydrogens is 420 g/mol. The number of benzene rings is 1. The summed E-state index contributed by atoms with van der Waals surface area (Å²) in [6.07, 6.45) is 23.6. The molecule has 0 aromatic heterocycles. The third-order valence-corrected chi connectivity index (χ3v) is 3.59. The van der Waals surface area contributed by atoms with Crippen LogP contribution in [0.1, 0.15) is 33.3 Å². The van der Waals surface area contributed by atoms with Crippen LogP contribution in [0.15, 0.2) is 36.4 Å². The Labute approximate surface area is 195 Å². The minimum atomic E-state index is -0.130. The Balaban J connectivity index is 0. The SMILES string of the molecule is CC(C)C(O)C(C)C.[CH2-]/C=C/c1ccccc1.[CH]1[CH][CH][CH][CH]1.[CH]1[CH][CH][CH][CH]1.[Zr+3]. The molecule has 2 saturated carbocycles. The van der Waals surface area contributed by atoms with E-state index >= 15 is 0 Å². The molecule has 0 spiro atoms. The molecule has 0 heterocycles. The summed E-state index contributed by atoms with van der Waals surface area (Å²) >= 11 is 0. The first-order chi connectivity index (χ1) is 13.0.